The highest BCUT2D eigenvalue weighted by atomic mass is 16.1. The van der Waals surface area contributed by atoms with Crippen LogP contribution in [0.3, 0.4) is 0 Å². The zero-order chi connectivity index (χ0) is 11.2. The molecule has 2 aromatic rings. The lowest BCUT2D eigenvalue weighted by atomic mass is 10.3. The summed E-state index contributed by atoms with van der Waals surface area (Å²) in [5, 5.41) is 0. The number of hydrogen-bond donors (Lipinski definition) is 0. The van der Waals surface area contributed by atoms with Crippen molar-refractivity contribution in [1.29, 1.82) is 0 Å². The molecule has 2 aromatic heterocycles. The van der Waals surface area contributed by atoms with Crippen LogP contribution < -0.4 is 0 Å². The first-order valence-electron chi connectivity index (χ1n) is 4.63. The monoisotopic (exact) mass is 212 g/mol. The molecule has 0 radical (unpaired) electrons. The number of carbonyl (C=O) groups is 1. The predicted octanol–water partition coefficient (Wildman–Crippen LogP) is 0.603. The van der Waals surface area contributed by atoms with E-state index < -0.39 is 0 Å². The first-order valence-corrected chi connectivity index (χ1v) is 4.63. The Labute approximate surface area is 92.2 Å². The Balaban J connectivity index is 2.18. The van der Waals surface area contributed by atoms with E-state index in [1.165, 1.54) is 0 Å². The van der Waals surface area contributed by atoms with Crippen LogP contribution in [0.15, 0.2) is 31.1 Å². The zero-order valence-corrected chi connectivity index (χ0v) is 8.37. The molecule has 2 rings (SSSR count). The van der Waals surface area contributed by atoms with Crippen molar-refractivity contribution in [1.82, 2.24) is 19.5 Å². The summed E-state index contributed by atoms with van der Waals surface area (Å²) < 4.78 is 1.70. The van der Waals surface area contributed by atoms with Crippen LogP contribution in [0, 0.1) is 11.8 Å². The molecule has 0 N–H and O–H groups in total. The number of aromatic nitrogens is 4. The molecule has 0 spiro atoms. The first kappa shape index (κ1) is 10.1. The van der Waals surface area contributed by atoms with Crippen LogP contribution in [0.2, 0.25) is 0 Å². The maximum atomic E-state index is 10.1. The molecule has 0 saturated carbocycles. The predicted molar refractivity (Wildman–Crippen MR) is 56.7 cm³/mol. The average molecular weight is 212 g/mol. The van der Waals surface area contributed by atoms with E-state index in [4.69, 9.17) is 0 Å². The van der Waals surface area contributed by atoms with Gasteiger partial charge in [0.25, 0.3) is 0 Å². The fraction of sp³-hybridized carbons (Fsp3) is 0.0909. The number of carbonyl (C=O) groups excluding carboxylic acids is 1. The largest absolute Gasteiger partial charge is 0.302 e. The lowest BCUT2D eigenvalue weighted by Gasteiger charge is -1.97. The molecule has 0 aliphatic heterocycles. The molecule has 16 heavy (non-hydrogen) atoms. The standard InChI is InChI=1S/C11H8N4O/c16-6-2-1-3-10-7-13-11(14-8-10)15-5-4-12-9-15/h4-9H,2H2. The van der Waals surface area contributed by atoms with Crippen LogP contribution in [-0.4, -0.2) is 25.8 Å². The minimum absolute atomic E-state index is 0.225. The third-order valence-electron chi connectivity index (χ3n) is 1.79. The number of imidazole rings is 1. The maximum absolute atomic E-state index is 10.1. The minimum Gasteiger partial charge on any atom is -0.302 e. The summed E-state index contributed by atoms with van der Waals surface area (Å²) in [4.78, 5) is 22.2. The highest BCUT2D eigenvalue weighted by Crippen LogP contribution is 1.99. The maximum Gasteiger partial charge on any atom is 0.234 e. The van der Waals surface area contributed by atoms with Crippen LogP contribution in [0.4, 0.5) is 0 Å². The van der Waals surface area contributed by atoms with Gasteiger partial charge in [0.05, 0.1) is 12.0 Å². The van der Waals surface area contributed by atoms with Crippen molar-refractivity contribution in [2.24, 2.45) is 0 Å². The Morgan fingerprint density at radius 3 is 2.81 bits per heavy atom. The Kier molecular flexibility index (Phi) is 3.04. The van der Waals surface area contributed by atoms with Gasteiger partial charge in [-0.15, -0.1) is 0 Å². The highest BCUT2D eigenvalue weighted by molar-refractivity contribution is 5.54. The van der Waals surface area contributed by atoms with Crippen molar-refractivity contribution in [2.45, 2.75) is 6.42 Å². The molecule has 0 aliphatic rings. The van der Waals surface area contributed by atoms with E-state index in [0.29, 0.717) is 11.5 Å². The van der Waals surface area contributed by atoms with E-state index >= 15 is 0 Å². The molecule has 0 unspecified atom stereocenters. The summed E-state index contributed by atoms with van der Waals surface area (Å²) in [7, 11) is 0. The summed E-state index contributed by atoms with van der Waals surface area (Å²) in [6.45, 7) is 0. The lowest BCUT2D eigenvalue weighted by molar-refractivity contribution is -0.107. The van der Waals surface area contributed by atoms with Crippen LogP contribution in [0.5, 0.6) is 0 Å². The molecule has 5 nitrogen and oxygen atoms in total. The van der Waals surface area contributed by atoms with Crippen LogP contribution in [0.25, 0.3) is 5.95 Å². The Bertz CT molecular complexity index is 519. The van der Waals surface area contributed by atoms with Gasteiger partial charge in [-0.2, -0.15) is 0 Å². The van der Waals surface area contributed by atoms with Gasteiger partial charge in [-0.25, -0.2) is 15.0 Å². The molecule has 0 aliphatic carbocycles. The summed E-state index contributed by atoms with van der Waals surface area (Å²) in [5.74, 6) is 6.02. The molecule has 0 saturated heterocycles. The lowest BCUT2D eigenvalue weighted by Crippen LogP contribution is -1.97. The van der Waals surface area contributed by atoms with Crippen molar-refractivity contribution in [3.05, 3.63) is 36.7 Å². The normalized spacial score (nSPS) is 9.25. The Hall–Kier alpha value is -2.48. The quantitative estimate of drug-likeness (QED) is 0.540. The molecule has 0 bridgehead atoms. The summed E-state index contributed by atoms with van der Waals surface area (Å²) in [6, 6.07) is 0. The summed E-state index contributed by atoms with van der Waals surface area (Å²) in [6.07, 6.45) is 9.23. The number of hydrogen-bond acceptors (Lipinski definition) is 4. The van der Waals surface area contributed by atoms with Crippen molar-refractivity contribution in [3.63, 3.8) is 0 Å². The second-order valence-electron chi connectivity index (χ2n) is 2.91. The van der Waals surface area contributed by atoms with E-state index in [1.54, 1.807) is 35.7 Å². The van der Waals surface area contributed by atoms with Gasteiger partial charge < -0.3 is 4.79 Å². The number of rotatable bonds is 2. The molecule has 0 aromatic carbocycles. The van der Waals surface area contributed by atoms with E-state index in [2.05, 4.69) is 26.8 Å². The minimum atomic E-state index is 0.225. The molecular weight excluding hydrogens is 204 g/mol. The average Bonchev–Trinajstić information content (AvgIpc) is 2.84. The van der Waals surface area contributed by atoms with Gasteiger partial charge in [0.2, 0.25) is 5.95 Å². The molecule has 0 amide bonds. The fourth-order valence-corrected chi connectivity index (χ4v) is 1.09. The SMILES string of the molecule is O=CCC#Cc1cnc(-n2ccnc2)nc1. The van der Waals surface area contributed by atoms with Crippen LogP contribution in [0.1, 0.15) is 12.0 Å². The second kappa shape index (κ2) is 4.84. The van der Waals surface area contributed by atoms with E-state index in [9.17, 15) is 4.79 Å². The number of nitrogens with zero attached hydrogens (tertiary/aromatic N) is 4. The van der Waals surface area contributed by atoms with E-state index in [1.807, 2.05) is 0 Å². The number of aldehydes is 1. The van der Waals surface area contributed by atoms with Gasteiger partial charge in [-0.05, 0) is 0 Å². The van der Waals surface area contributed by atoms with Gasteiger partial charge in [-0.3, -0.25) is 4.57 Å². The van der Waals surface area contributed by atoms with Crippen molar-refractivity contribution in [2.75, 3.05) is 0 Å². The van der Waals surface area contributed by atoms with Gasteiger partial charge in [0.1, 0.15) is 12.6 Å². The van der Waals surface area contributed by atoms with Crippen LogP contribution in [-0.2, 0) is 4.79 Å². The van der Waals surface area contributed by atoms with Crippen molar-refractivity contribution in [3.8, 4) is 17.8 Å². The van der Waals surface area contributed by atoms with Gasteiger partial charge in [0.15, 0.2) is 0 Å². The smallest absolute Gasteiger partial charge is 0.234 e. The van der Waals surface area contributed by atoms with Gasteiger partial charge in [0, 0.05) is 24.8 Å². The molecule has 2 heterocycles. The second-order valence-corrected chi connectivity index (χ2v) is 2.91. The highest BCUT2D eigenvalue weighted by Gasteiger charge is 1.97. The van der Waals surface area contributed by atoms with Crippen molar-refractivity contribution < 1.29 is 4.79 Å². The topological polar surface area (TPSA) is 60.7 Å². The third kappa shape index (κ3) is 2.30. The summed E-state index contributed by atoms with van der Waals surface area (Å²) >= 11 is 0. The van der Waals surface area contributed by atoms with E-state index in [-0.39, 0.29) is 6.42 Å². The third-order valence-corrected chi connectivity index (χ3v) is 1.79. The molecule has 5 heteroatoms. The van der Waals surface area contributed by atoms with Crippen LogP contribution >= 0.6 is 0 Å². The van der Waals surface area contributed by atoms with Gasteiger partial charge in [-0.1, -0.05) is 11.8 Å². The molecule has 78 valence electrons. The Morgan fingerprint density at radius 2 is 2.19 bits per heavy atom. The summed E-state index contributed by atoms with van der Waals surface area (Å²) in [5.41, 5.74) is 0.686. The van der Waals surface area contributed by atoms with Gasteiger partial charge >= 0.3 is 0 Å². The van der Waals surface area contributed by atoms with Crippen molar-refractivity contribution >= 4 is 6.29 Å². The van der Waals surface area contributed by atoms with E-state index in [0.717, 1.165) is 6.29 Å². The molecule has 0 fully saturated rings. The Morgan fingerprint density at radius 1 is 1.38 bits per heavy atom. The molecule has 0 atom stereocenters. The molecular formula is C11H8N4O. The first-order chi connectivity index (χ1) is 7.90. The zero-order valence-electron chi connectivity index (χ0n) is 8.37. The fourth-order valence-electron chi connectivity index (χ4n) is 1.09.